The Balaban J connectivity index is 1.80. The molecule has 0 aliphatic heterocycles. The van der Waals surface area contributed by atoms with Crippen molar-refractivity contribution in [1.82, 2.24) is 5.32 Å². The van der Waals surface area contributed by atoms with Gasteiger partial charge in [-0.1, -0.05) is 17.3 Å². The van der Waals surface area contributed by atoms with Crippen molar-refractivity contribution in [2.75, 3.05) is 27.9 Å². The highest BCUT2D eigenvalue weighted by molar-refractivity contribution is 5.89. The summed E-state index contributed by atoms with van der Waals surface area (Å²) in [5, 5.41) is 6.49. The molecule has 0 saturated heterocycles. The van der Waals surface area contributed by atoms with Crippen molar-refractivity contribution in [2.45, 2.75) is 6.54 Å². The standard InChI is InChI=1S/C20H22N2O6/c1-25-17-8-9-18(26-2)16(10-17)12-22-28-13-19(23)21-11-14-4-6-15(7-5-14)20(24)27-3/h4-10,12H,11,13H2,1-3H3,(H,21,23)/b22-12-. The first-order valence-corrected chi connectivity index (χ1v) is 8.38. The molecule has 148 valence electrons. The van der Waals surface area contributed by atoms with E-state index in [0.29, 0.717) is 29.2 Å². The molecule has 0 spiro atoms. The summed E-state index contributed by atoms with van der Waals surface area (Å²) < 4.78 is 15.0. The smallest absolute Gasteiger partial charge is 0.337 e. The van der Waals surface area contributed by atoms with Crippen LogP contribution >= 0.6 is 0 Å². The molecule has 28 heavy (non-hydrogen) atoms. The van der Waals surface area contributed by atoms with E-state index in [4.69, 9.17) is 14.3 Å². The Bertz CT molecular complexity index is 833. The molecule has 0 aliphatic carbocycles. The molecule has 0 heterocycles. The van der Waals surface area contributed by atoms with Gasteiger partial charge in [0, 0.05) is 12.1 Å². The van der Waals surface area contributed by atoms with Crippen LogP contribution in [0.5, 0.6) is 11.5 Å². The van der Waals surface area contributed by atoms with Gasteiger partial charge in [-0.05, 0) is 35.9 Å². The second-order valence-corrected chi connectivity index (χ2v) is 5.58. The Morgan fingerprint density at radius 3 is 2.43 bits per heavy atom. The third kappa shape index (κ3) is 6.01. The minimum Gasteiger partial charge on any atom is -0.497 e. The molecular weight excluding hydrogens is 364 g/mol. The minimum atomic E-state index is -0.408. The number of rotatable bonds is 9. The van der Waals surface area contributed by atoms with Gasteiger partial charge >= 0.3 is 5.97 Å². The van der Waals surface area contributed by atoms with Gasteiger partial charge in [-0.15, -0.1) is 0 Å². The number of carbonyl (C=O) groups excluding carboxylic acids is 2. The predicted molar refractivity (Wildman–Crippen MR) is 103 cm³/mol. The van der Waals surface area contributed by atoms with Crippen LogP contribution < -0.4 is 14.8 Å². The van der Waals surface area contributed by atoms with Crippen molar-refractivity contribution < 1.29 is 28.6 Å². The molecule has 8 nitrogen and oxygen atoms in total. The molecule has 0 bridgehead atoms. The van der Waals surface area contributed by atoms with Crippen LogP contribution in [-0.2, 0) is 20.9 Å². The first kappa shape index (κ1) is 20.8. The van der Waals surface area contributed by atoms with E-state index in [1.54, 1.807) is 56.7 Å². The Morgan fingerprint density at radius 2 is 1.79 bits per heavy atom. The number of oxime groups is 1. The Labute approximate surface area is 163 Å². The van der Waals surface area contributed by atoms with Crippen molar-refractivity contribution >= 4 is 18.1 Å². The summed E-state index contributed by atoms with van der Waals surface area (Å²) in [6.07, 6.45) is 1.44. The summed E-state index contributed by atoms with van der Waals surface area (Å²) in [6, 6.07) is 12.0. The normalized spacial score (nSPS) is 10.4. The lowest BCUT2D eigenvalue weighted by Gasteiger charge is -2.07. The number of nitrogens with one attached hydrogen (secondary N) is 1. The van der Waals surface area contributed by atoms with E-state index >= 15 is 0 Å². The molecule has 8 heteroatoms. The van der Waals surface area contributed by atoms with Gasteiger partial charge in [0.25, 0.3) is 5.91 Å². The van der Waals surface area contributed by atoms with Gasteiger partial charge in [0.05, 0.1) is 33.1 Å². The second-order valence-electron chi connectivity index (χ2n) is 5.58. The predicted octanol–water partition coefficient (Wildman–Crippen LogP) is 2.16. The highest BCUT2D eigenvalue weighted by atomic mass is 16.6. The summed E-state index contributed by atoms with van der Waals surface area (Å²) >= 11 is 0. The van der Waals surface area contributed by atoms with Gasteiger partial charge in [0.15, 0.2) is 6.61 Å². The topological polar surface area (TPSA) is 95.5 Å². The number of hydrogen-bond donors (Lipinski definition) is 1. The monoisotopic (exact) mass is 386 g/mol. The fourth-order valence-corrected chi connectivity index (χ4v) is 2.26. The van der Waals surface area contributed by atoms with E-state index in [1.165, 1.54) is 13.3 Å². The molecule has 1 amide bonds. The van der Waals surface area contributed by atoms with Gasteiger partial charge in [-0.25, -0.2) is 4.79 Å². The van der Waals surface area contributed by atoms with Crippen LogP contribution in [0.2, 0.25) is 0 Å². The summed E-state index contributed by atoms with van der Waals surface area (Å²) in [6.45, 7) is 0.0695. The molecule has 2 aromatic rings. The highest BCUT2D eigenvalue weighted by Crippen LogP contribution is 2.22. The van der Waals surface area contributed by atoms with Gasteiger partial charge in [-0.2, -0.15) is 0 Å². The minimum absolute atomic E-state index is 0.233. The largest absolute Gasteiger partial charge is 0.497 e. The average Bonchev–Trinajstić information content (AvgIpc) is 2.74. The van der Waals surface area contributed by atoms with Gasteiger partial charge in [-0.3, -0.25) is 4.79 Å². The van der Waals surface area contributed by atoms with Gasteiger partial charge in [0.2, 0.25) is 0 Å². The van der Waals surface area contributed by atoms with Crippen LogP contribution in [0.1, 0.15) is 21.5 Å². The highest BCUT2D eigenvalue weighted by Gasteiger charge is 2.06. The number of benzene rings is 2. The van der Waals surface area contributed by atoms with E-state index in [1.807, 2.05) is 0 Å². The zero-order valence-electron chi connectivity index (χ0n) is 15.9. The fourth-order valence-electron chi connectivity index (χ4n) is 2.26. The fraction of sp³-hybridized carbons (Fsp3) is 0.250. The molecule has 2 aromatic carbocycles. The summed E-state index contributed by atoms with van der Waals surface area (Å²) in [5.74, 6) is 0.521. The van der Waals surface area contributed by atoms with E-state index in [0.717, 1.165) is 5.56 Å². The molecule has 0 radical (unpaired) electrons. The quantitative estimate of drug-likeness (QED) is 0.403. The van der Waals surface area contributed by atoms with Crippen LogP contribution in [0.15, 0.2) is 47.6 Å². The molecule has 0 unspecified atom stereocenters. The van der Waals surface area contributed by atoms with Crippen LogP contribution in [0.4, 0.5) is 0 Å². The Kier molecular flexibility index (Phi) is 7.83. The van der Waals surface area contributed by atoms with Crippen LogP contribution in [0.3, 0.4) is 0 Å². The number of hydrogen-bond acceptors (Lipinski definition) is 7. The van der Waals surface area contributed by atoms with Crippen LogP contribution in [0, 0.1) is 0 Å². The maximum atomic E-state index is 11.8. The van der Waals surface area contributed by atoms with E-state index in [9.17, 15) is 9.59 Å². The maximum Gasteiger partial charge on any atom is 0.337 e. The first-order valence-electron chi connectivity index (χ1n) is 8.38. The summed E-state index contributed by atoms with van der Waals surface area (Å²) in [5.41, 5.74) is 1.95. The molecule has 1 N–H and O–H groups in total. The number of amides is 1. The zero-order chi connectivity index (χ0) is 20.4. The lowest BCUT2D eigenvalue weighted by molar-refractivity contribution is -0.125. The average molecular weight is 386 g/mol. The molecule has 2 rings (SSSR count). The zero-order valence-corrected chi connectivity index (χ0v) is 15.9. The third-order valence-corrected chi connectivity index (χ3v) is 3.76. The third-order valence-electron chi connectivity index (χ3n) is 3.76. The molecule has 0 atom stereocenters. The van der Waals surface area contributed by atoms with E-state index in [2.05, 4.69) is 15.2 Å². The summed E-state index contributed by atoms with van der Waals surface area (Å²) in [4.78, 5) is 28.2. The summed E-state index contributed by atoms with van der Waals surface area (Å²) in [7, 11) is 4.43. The van der Waals surface area contributed by atoms with Crippen molar-refractivity contribution in [2.24, 2.45) is 5.16 Å². The molecular formula is C20H22N2O6. The van der Waals surface area contributed by atoms with Gasteiger partial charge in [0.1, 0.15) is 11.5 Å². The number of nitrogens with zero attached hydrogens (tertiary/aromatic N) is 1. The first-order chi connectivity index (χ1) is 13.6. The van der Waals surface area contributed by atoms with E-state index < -0.39 is 5.97 Å². The molecule has 0 aliphatic rings. The Morgan fingerprint density at radius 1 is 1.04 bits per heavy atom. The van der Waals surface area contributed by atoms with Crippen molar-refractivity contribution in [3.63, 3.8) is 0 Å². The van der Waals surface area contributed by atoms with Gasteiger partial charge < -0.3 is 24.4 Å². The Hall–Kier alpha value is -3.55. The van der Waals surface area contributed by atoms with Crippen LogP contribution in [-0.4, -0.2) is 46.0 Å². The van der Waals surface area contributed by atoms with Crippen LogP contribution in [0.25, 0.3) is 0 Å². The second kappa shape index (κ2) is 10.6. The maximum absolute atomic E-state index is 11.8. The molecule has 0 aromatic heterocycles. The molecule has 0 saturated carbocycles. The van der Waals surface area contributed by atoms with Crippen molar-refractivity contribution in [1.29, 1.82) is 0 Å². The lowest BCUT2D eigenvalue weighted by Crippen LogP contribution is -2.26. The lowest BCUT2D eigenvalue weighted by atomic mass is 10.1. The number of carbonyl (C=O) groups is 2. The van der Waals surface area contributed by atoms with Crippen molar-refractivity contribution in [3.8, 4) is 11.5 Å². The SMILES string of the molecule is COC(=O)c1ccc(CNC(=O)CO/N=C\c2cc(OC)ccc2OC)cc1. The molecule has 0 fully saturated rings. The van der Waals surface area contributed by atoms with E-state index in [-0.39, 0.29) is 12.5 Å². The number of esters is 1. The number of ether oxygens (including phenoxy) is 3. The number of methoxy groups -OCH3 is 3. The van der Waals surface area contributed by atoms with Crippen molar-refractivity contribution in [3.05, 3.63) is 59.2 Å².